The lowest BCUT2D eigenvalue weighted by Crippen LogP contribution is -2.48. The molecule has 0 amide bonds. The molecule has 10 heteroatoms. The molecule has 7 rings (SSSR count). The van der Waals surface area contributed by atoms with E-state index in [0.29, 0.717) is 12.4 Å². The molecule has 2 atom stereocenters. The van der Waals surface area contributed by atoms with Gasteiger partial charge in [0.1, 0.15) is 17.6 Å². The Bertz CT molecular complexity index is 1140. The first-order valence-electron chi connectivity index (χ1n) is 14.1. The summed E-state index contributed by atoms with van der Waals surface area (Å²) in [5.74, 6) is -2.33. The van der Waals surface area contributed by atoms with Crippen LogP contribution in [0.3, 0.4) is 0 Å². The van der Waals surface area contributed by atoms with E-state index >= 15 is 4.39 Å². The summed E-state index contributed by atoms with van der Waals surface area (Å²) in [5.41, 5.74) is 0.846. The summed E-state index contributed by atoms with van der Waals surface area (Å²) >= 11 is 0. The number of benzene rings is 1. The molecule has 6 fully saturated rings. The number of rotatable bonds is 7. The molecule has 2 unspecified atom stereocenters. The maximum absolute atomic E-state index is 15.4. The third-order valence-electron chi connectivity index (χ3n) is 9.78. The Morgan fingerprint density at radius 3 is 2.10 bits per heavy atom. The minimum absolute atomic E-state index is 0.0102. The minimum atomic E-state index is -5.30. The van der Waals surface area contributed by atoms with Gasteiger partial charge in [0.25, 0.3) is 0 Å². The summed E-state index contributed by atoms with van der Waals surface area (Å²) in [6.45, 7) is 0.563. The molecule has 1 saturated heterocycles. The molecule has 1 heterocycles. The fourth-order valence-electron chi connectivity index (χ4n) is 8.17. The van der Waals surface area contributed by atoms with Crippen molar-refractivity contribution in [2.45, 2.75) is 94.8 Å². The van der Waals surface area contributed by atoms with Crippen LogP contribution in [0.15, 0.2) is 12.1 Å². The molecule has 5 aliphatic carbocycles. The standard InChI is InChI=1S/C29H33F4NO5/c30-21-10-24(38-14-28-11-15-6-16(12-28)8-17(7-15)13-28)19(18-2-1-3-18)9-20(21)25(35)22-4-5-23(34-22)26(36)39-27(37)29(31,32)33/h9-10,15-18,22-23,34H,1-8,11-14H2. The number of esters is 2. The fourth-order valence-corrected chi connectivity index (χ4v) is 8.17. The second-order valence-electron chi connectivity index (χ2n) is 12.6. The highest BCUT2D eigenvalue weighted by Crippen LogP contribution is 2.60. The van der Waals surface area contributed by atoms with Crippen molar-refractivity contribution >= 4 is 17.7 Å². The predicted octanol–water partition coefficient (Wildman–Crippen LogP) is 5.62. The Balaban J connectivity index is 1.15. The molecular formula is C29H33F4NO5. The molecule has 0 spiro atoms. The summed E-state index contributed by atoms with van der Waals surface area (Å²) in [4.78, 5) is 36.2. The number of nitrogens with one attached hydrogen (secondary N) is 1. The zero-order chi connectivity index (χ0) is 27.5. The van der Waals surface area contributed by atoms with Crippen LogP contribution in [-0.2, 0) is 14.3 Å². The lowest BCUT2D eigenvalue weighted by Gasteiger charge is -2.56. The van der Waals surface area contributed by atoms with Crippen LogP contribution in [0.2, 0.25) is 0 Å². The number of Topliss-reactive ketones (excluding diaryl/α,β-unsaturated/α-hetero) is 1. The van der Waals surface area contributed by atoms with E-state index in [1.807, 2.05) is 0 Å². The van der Waals surface area contributed by atoms with Gasteiger partial charge in [0.2, 0.25) is 0 Å². The highest BCUT2D eigenvalue weighted by molar-refractivity contribution is 6.01. The van der Waals surface area contributed by atoms with Gasteiger partial charge in [-0.25, -0.2) is 14.0 Å². The topological polar surface area (TPSA) is 81.7 Å². The van der Waals surface area contributed by atoms with Gasteiger partial charge in [-0.05, 0) is 99.5 Å². The van der Waals surface area contributed by atoms with Crippen LogP contribution in [0.25, 0.3) is 0 Å². The second kappa shape index (κ2) is 9.85. The van der Waals surface area contributed by atoms with E-state index in [1.165, 1.54) is 44.6 Å². The van der Waals surface area contributed by atoms with E-state index in [9.17, 15) is 27.6 Å². The zero-order valence-corrected chi connectivity index (χ0v) is 21.7. The number of halogens is 4. The lowest BCUT2D eigenvalue weighted by atomic mass is 9.50. The summed E-state index contributed by atoms with van der Waals surface area (Å²) in [6, 6.07) is 0.634. The van der Waals surface area contributed by atoms with Crippen molar-refractivity contribution in [3.63, 3.8) is 0 Å². The van der Waals surface area contributed by atoms with Crippen molar-refractivity contribution in [3.05, 3.63) is 29.1 Å². The van der Waals surface area contributed by atoms with E-state index in [-0.39, 0.29) is 29.7 Å². The highest BCUT2D eigenvalue weighted by atomic mass is 19.4. The third kappa shape index (κ3) is 5.21. The molecule has 0 aromatic heterocycles. The molecule has 6 aliphatic rings. The van der Waals surface area contributed by atoms with Gasteiger partial charge in [-0.3, -0.25) is 10.1 Å². The van der Waals surface area contributed by atoms with E-state index in [1.54, 1.807) is 6.07 Å². The number of alkyl halides is 3. The molecule has 212 valence electrons. The minimum Gasteiger partial charge on any atom is -0.493 e. The molecular weight excluding hydrogens is 518 g/mol. The average Bonchev–Trinajstić information content (AvgIpc) is 3.31. The summed E-state index contributed by atoms with van der Waals surface area (Å²) in [5, 5.41) is 2.62. The van der Waals surface area contributed by atoms with Crippen LogP contribution >= 0.6 is 0 Å². The van der Waals surface area contributed by atoms with Crippen LogP contribution in [0.5, 0.6) is 5.75 Å². The summed E-state index contributed by atoms with van der Waals surface area (Å²) < 4.78 is 62.9. The number of carbonyl (C=O) groups excluding carboxylic acids is 3. The molecule has 1 aliphatic heterocycles. The molecule has 0 radical (unpaired) electrons. The second-order valence-corrected chi connectivity index (χ2v) is 12.6. The average molecular weight is 552 g/mol. The Morgan fingerprint density at radius 2 is 1.54 bits per heavy atom. The van der Waals surface area contributed by atoms with Gasteiger partial charge in [0.05, 0.1) is 18.2 Å². The number of ketones is 1. The Labute approximate surface area is 224 Å². The van der Waals surface area contributed by atoms with Gasteiger partial charge in [0, 0.05) is 11.5 Å². The van der Waals surface area contributed by atoms with Crippen LogP contribution in [0.1, 0.15) is 92.5 Å². The highest BCUT2D eigenvalue weighted by Gasteiger charge is 2.51. The molecule has 1 aromatic rings. The predicted molar refractivity (Wildman–Crippen MR) is 131 cm³/mol. The van der Waals surface area contributed by atoms with Crippen molar-refractivity contribution in [3.8, 4) is 5.75 Å². The van der Waals surface area contributed by atoms with Crippen molar-refractivity contribution in [1.29, 1.82) is 0 Å². The first kappa shape index (κ1) is 26.7. The first-order chi connectivity index (χ1) is 18.5. The van der Waals surface area contributed by atoms with Crippen molar-refractivity contribution in [2.75, 3.05) is 6.61 Å². The molecule has 1 aromatic carbocycles. The molecule has 6 nitrogen and oxygen atoms in total. The van der Waals surface area contributed by atoms with Gasteiger partial charge in [-0.15, -0.1) is 0 Å². The maximum atomic E-state index is 15.4. The molecule has 1 N–H and O–H groups in total. The molecule has 39 heavy (non-hydrogen) atoms. The smallest absolute Gasteiger partial charge is 0.491 e. The third-order valence-corrected chi connectivity index (χ3v) is 9.78. The first-order valence-corrected chi connectivity index (χ1v) is 14.1. The largest absolute Gasteiger partial charge is 0.493 e. The van der Waals surface area contributed by atoms with Crippen LogP contribution in [-0.4, -0.2) is 42.6 Å². The zero-order valence-electron chi connectivity index (χ0n) is 21.7. The Kier molecular flexibility index (Phi) is 6.75. The van der Waals surface area contributed by atoms with E-state index < -0.39 is 41.8 Å². The van der Waals surface area contributed by atoms with Crippen LogP contribution in [0.4, 0.5) is 17.6 Å². The normalized spacial score (nSPS) is 33.6. The van der Waals surface area contributed by atoms with Crippen LogP contribution < -0.4 is 10.1 Å². The molecule has 4 bridgehead atoms. The number of ether oxygens (including phenoxy) is 2. The van der Waals surface area contributed by atoms with Gasteiger partial charge >= 0.3 is 18.1 Å². The number of hydrogen-bond donors (Lipinski definition) is 1. The summed E-state index contributed by atoms with van der Waals surface area (Å²) in [6.07, 6.45) is 5.16. The van der Waals surface area contributed by atoms with Crippen LogP contribution in [0, 0.1) is 29.0 Å². The van der Waals surface area contributed by atoms with Gasteiger partial charge in [0.15, 0.2) is 5.78 Å². The van der Waals surface area contributed by atoms with Crippen molar-refractivity contribution in [2.24, 2.45) is 23.2 Å². The van der Waals surface area contributed by atoms with Crippen molar-refractivity contribution in [1.82, 2.24) is 5.32 Å². The van der Waals surface area contributed by atoms with Gasteiger partial charge in [-0.2, -0.15) is 13.2 Å². The SMILES string of the molecule is O=C(OC(=O)C(F)(F)F)C1CCC(C(=O)c2cc(C3CCC3)c(OCC34CC5CC(CC(C5)C3)C4)cc2F)N1. The van der Waals surface area contributed by atoms with Gasteiger partial charge in [-0.1, -0.05) is 6.42 Å². The van der Waals surface area contributed by atoms with Crippen molar-refractivity contribution < 1.29 is 41.4 Å². The monoisotopic (exact) mass is 551 g/mol. The van der Waals surface area contributed by atoms with E-state index in [4.69, 9.17) is 4.74 Å². The maximum Gasteiger partial charge on any atom is 0.491 e. The number of carbonyl (C=O) groups is 3. The van der Waals surface area contributed by atoms with Gasteiger partial charge < -0.3 is 9.47 Å². The quantitative estimate of drug-likeness (QED) is 0.205. The summed E-state index contributed by atoms with van der Waals surface area (Å²) in [7, 11) is 0. The van der Waals surface area contributed by atoms with E-state index in [2.05, 4.69) is 10.1 Å². The Hall–Kier alpha value is -2.49. The fraction of sp³-hybridized carbons (Fsp3) is 0.690. The molecule has 5 saturated carbocycles. The lowest BCUT2D eigenvalue weighted by molar-refractivity contribution is -0.202. The van der Waals surface area contributed by atoms with E-state index in [0.717, 1.165) is 42.6 Å². The Morgan fingerprint density at radius 1 is 0.923 bits per heavy atom. The number of hydrogen-bond acceptors (Lipinski definition) is 6.